The zero-order chi connectivity index (χ0) is 21.3. The number of furan rings is 1. The smallest absolute Gasteiger partial charge is 0.255 e. The zero-order valence-electron chi connectivity index (χ0n) is 17.9. The minimum atomic E-state index is -0.0608. The highest BCUT2D eigenvalue weighted by Gasteiger charge is 2.25. The first-order valence-corrected chi connectivity index (χ1v) is 10.3. The number of piperidine rings is 1. The molecule has 156 valence electrons. The number of nitrogens with one attached hydrogen (secondary N) is 1. The van der Waals surface area contributed by atoms with E-state index < -0.39 is 0 Å². The zero-order valence-corrected chi connectivity index (χ0v) is 17.9. The lowest BCUT2D eigenvalue weighted by molar-refractivity contribution is 0.0929. The maximum atomic E-state index is 12.6. The number of anilines is 1. The number of pyridine rings is 1. The predicted molar refractivity (Wildman–Crippen MR) is 116 cm³/mol. The Morgan fingerprint density at radius 2 is 1.90 bits per heavy atom. The molecule has 1 N–H and O–H groups in total. The number of carbonyl (C=O) groups is 1. The number of aryl methyl sites for hydroxylation is 3. The van der Waals surface area contributed by atoms with Crippen molar-refractivity contribution in [2.45, 2.75) is 46.6 Å². The number of hydrogen-bond acceptors (Lipinski definition) is 6. The van der Waals surface area contributed by atoms with E-state index >= 15 is 0 Å². The maximum Gasteiger partial charge on any atom is 0.255 e. The van der Waals surface area contributed by atoms with E-state index in [1.54, 1.807) is 12.3 Å². The molecule has 0 saturated carbocycles. The third-order valence-corrected chi connectivity index (χ3v) is 5.67. The second-order valence-corrected chi connectivity index (χ2v) is 7.86. The third kappa shape index (κ3) is 4.06. The van der Waals surface area contributed by atoms with Gasteiger partial charge in [0.2, 0.25) is 0 Å². The molecule has 0 aromatic carbocycles. The van der Waals surface area contributed by atoms with Crippen molar-refractivity contribution in [2.24, 2.45) is 0 Å². The minimum absolute atomic E-state index is 0.0608. The molecule has 0 spiro atoms. The van der Waals surface area contributed by atoms with Gasteiger partial charge in [0, 0.05) is 36.6 Å². The Labute approximate surface area is 176 Å². The molecule has 0 aliphatic carbocycles. The molecule has 7 heteroatoms. The Balaban J connectivity index is 1.46. The second kappa shape index (κ2) is 8.26. The fourth-order valence-electron chi connectivity index (χ4n) is 3.89. The lowest BCUT2D eigenvalue weighted by Gasteiger charge is -2.34. The molecule has 3 aromatic heterocycles. The van der Waals surface area contributed by atoms with Crippen molar-refractivity contribution in [1.29, 1.82) is 0 Å². The highest BCUT2D eigenvalue weighted by molar-refractivity contribution is 5.95. The molecule has 1 amide bonds. The van der Waals surface area contributed by atoms with Gasteiger partial charge in [0.15, 0.2) is 5.82 Å². The number of nitrogens with zero attached hydrogens (tertiary/aromatic N) is 4. The molecule has 3 aromatic rings. The van der Waals surface area contributed by atoms with Gasteiger partial charge in [0.25, 0.3) is 5.91 Å². The summed E-state index contributed by atoms with van der Waals surface area (Å²) in [5, 5.41) is 3.16. The molecule has 0 radical (unpaired) electrons. The van der Waals surface area contributed by atoms with Gasteiger partial charge in [-0.1, -0.05) is 6.07 Å². The molecule has 0 unspecified atom stereocenters. The van der Waals surface area contributed by atoms with Crippen LogP contribution < -0.4 is 10.2 Å². The van der Waals surface area contributed by atoms with Crippen molar-refractivity contribution in [1.82, 2.24) is 20.3 Å². The van der Waals surface area contributed by atoms with Crippen LogP contribution in [0.4, 0.5) is 5.82 Å². The number of aromatic nitrogens is 3. The van der Waals surface area contributed by atoms with E-state index in [1.807, 2.05) is 39.0 Å². The molecule has 1 fully saturated rings. The van der Waals surface area contributed by atoms with Crippen molar-refractivity contribution in [2.75, 3.05) is 18.0 Å². The Morgan fingerprint density at radius 1 is 1.13 bits per heavy atom. The fraction of sp³-hybridized carbons (Fsp3) is 0.391. The predicted octanol–water partition coefficient (Wildman–Crippen LogP) is 3.76. The van der Waals surface area contributed by atoms with Gasteiger partial charge in [0.05, 0.1) is 5.56 Å². The summed E-state index contributed by atoms with van der Waals surface area (Å²) in [6.07, 6.45) is 3.48. The van der Waals surface area contributed by atoms with Gasteiger partial charge in [-0.05, 0) is 58.7 Å². The van der Waals surface area contributed by atoms with Crippen LogP contribution in [-0.2, 0) is 0 Å². The highest BCUT2D eigenvalue weighted by atomic mass is 16.3. The Hall–Kier alpha value is -3.22. The van der Waals surface area contributed by atoms with Crippen LogP contribution in [0.25, 0.3) is 11.5 Å². The van der Waals surface area contributed by atoms with E-state index in [9.17, 15) is 4.79 Å². The summed E-state index contributed by atoms with van der Waals surface area (Å²) in [5.74, 6) is 2.96. The molecule has 4 heterocycles. The number of amides is 1. The Kier molecular flexibility index (Phi) is 5.53. The quantitative estimate of drug-likeness (QED) is 0.711. The molecule has 0 bridgehead atoms. The average molecular weight is 406 g/mol. The molecule has 0 atom stereocenters. The first kappa shape index (κ1) is 20.1. The molecular formula is C23H27N5O2. The van der Waals surface area contributed by atoms with Crippen molar-refractivity contribution in [3.63, 3.8) is 0 Å². The molecule has 1 aliphatic heterocycles. The van der Waals surface area contributed by atoms with Crippen LogP contribution >= 0.6 is 0 Å². The summed E-state index contributed by atoms with van der Waals surface area (Å²) in [5.41, 5.74) is 3.44. The van der Waals surface area contributed by atoms with Gasteiger partial charge in [-0.3, -0.25) is 9.78 Å². The van der Waals surface area contributed by atoms with Crippen LogP contribution in [0.3, 0.4) is 0 Å². The third-order valence-electron chi connectivity index (χ3n) is 5.67. The number of rotatable bonds is 4. The second-order valence-electron chi connectivity index (χ2n) is 7.86. The molecular weight excluding hydrogens is 378 g/mol. The fourth-order valence-corrected chi connectivity index (χ4v) is 3.89. The van der Waals surface area contributed by atoms with Crippen LogP contribution in [0.15, 0.2) is 34.9 Å². The van der Waals surface area contributed by atoms with Crippen LogP contribution in [0.1, 0.15) is 46.0 Å². The molecule has 1 saturated heterocycles. The van der Waals surface area contributed by atoms with Gasteiger partial charge >= 0.3 is 0 Å². The first-order valence-electron chi connectivity index (χ1n) is 10.3. The number of hydrogen-bond donors (Lipinski definition) is 1. The maximum absolute atomic E-state index is 12.6. The van der Waals surface area contributed by atoms with E-state index in [0.29, 0.717) is 17.1 Å². The highest BCUT2D eigenvalue weighted by Crippen LogP contribution is 2.26. The standard InChI is InChI=1S/C23H27N5O2/c1-14-13-19(17(4)30-14)23(29)26-18-8-11-28(12-9-18)22-15(2)16(3)25-21(27-22)20-7-5-6-10-24-20/h5-7,10,13,18H,8-9,11-12H2,1-4H3,(H,26,29). The summed E-state index contributed by atoms with van der Waals surface area (Å²) < 4.78 is 5.48. The minimum Gasteiger partial charge on any atom is -0.466 e. The van der Waals surface area contributed by atoms with Crippen molar-refractivity contribution in [3.8, 4) is 11.5 Å². The summed E-state index contributed by atoms with van der Waals surface area (Å²) in [6.45, 7) is 9.40. The van der Waals surface area contributed by atoms with Crippen LogP contribution in [-0.4, -0.2) is 40.0 Å². The van der Waals surface area contributed by atoms with Gasteiger partial charge in [-0.15, -0.1) is 0 Å². The largest absolute Gasteiger partial charge is 0.466 e. The lowest BCUT2D eigenvalue weighted by atomic mass is 10.0. The molecule has 1 aliphatic rings. The van der Waals surface area contributed by atoms with E-state index in [4.69, 9.17) is 9.40 Å². The van der Waals surface area contributed by atoms with Crippen LogP contribution in [0.2, 0.25) is 0 Å². The average Bonchev–Trinajstić information content (AvgIpc) is 3.09. The topological polar surface area (TPSA) is 84.2 Å². The van der Waals surface area contributed by atoms with Crippen LogP contribution in [0, 0.1) is 27.7 Å². The normalized spacial score (nSPS) is 14.7. The Morgan fingerprint density at radius 3 is 2.53 bits per heavy atom. The molecule has 30 heavy (non-hydrogen) atoms. The summed E-state index contributed by atoms with van der Waals surface area (Å²) in [6, 6.07) is 7.69. The monoisotopic (exact) mass is 405 g/mol. The van der Waals surface area contributed by atoms with E-state index in [-0.39, 0.29) is 11.9 Å². The summed E-state index contributed by atoms with van der Waals surface area (Å²) in [7, 11) is 0. The van der Waals surface area contributed by atoms with Gasteiger partial charge in [-0.25, -0.2) is 9.97 Å². The Bertz CT molecular complexity index is 1050. The molecule has 4 rings (SSSR count). The molecule has 7 nitrogen and oxygen atoms in total. The first-order chi connectivity index (χ1) is 14.4. The summed E-state index contributed by atoms with van der Waals surface area (Å²) in [4.78, 5) is 28.7. The van der Waals surface area contributed by atoms with Crippen molar-refractivity contribution in [3.05, 3.63) is 58.8 Å². The van der Waals surface area contributed by atoms with E-state index in [0.717, 1.165) is 54.5 Å². The SMILES string of the molecule is Cc1cc(C(=O)NC2CCN(c3nc(-c4ccccn4)nc(C)c3C)CC2)c(C)o1. The van der Waals surface area contributed by atoms with E-state index in [2.05, 4.69) is 27.1 Å². The number of carbonyl (C=O) groups excluding carboxylic acids is 1. The van der Waals surface area contributed by atoms with Crippen LogP contribution in [0.5, 0.6) is 0 Å². The van der Waals surface area contributed by atoms with Gasteiger partial charge in [0.1, 0.15) is 23.0 Å². The van der Waals surface area contributed by atoms with Crippen molar-refractivity contribution < 1.29 is 9.21 Å². The summed E-state index contributed by atoms with van der Waals surface area (Å²) >= 11 is 0. The van der Waals surface area contributed by atoms with Gasteiger partial charge < -0.3 is 14.6 Å². The lowest BCUT2D eigenvalue weighted by Crippen LogP contribution is -2.45. The van der Waals surface area contributed by atoms with Gasteiger partial charge in [-0.2, -0.15) is 0 Å². The van der Waals surface area contributed by atoms with E-state index in [1.165, 1.54) is 0 Å². The van der Waals surface area contributed by atoms with Crippen molar-refractivity contribution >= 4 is 11.7 Å².